The van der Waals surface area contributed by atoms with Crippen molar-refractivity contribution in [1.82, 2.24) is 9.97 Å². The highest BCUT2D eigenvalue weighted by molar-refractivity contribution is 7.99. The van der Waals surface area contributed by atoms with Crippen molar-refractivity contribution in [2.75, 3.05) is 26.6 Å². The van der Waals surface area contributed by atoms with Crippen LogP contribution in [0.3, 0.4) is 0 Å². The number of aromatic nitrogens is 2. The molecule has 2 aromatic heterocycles. The van der Waals surface area contributed by atoms with Crippen LogP contribution in [0.25, 0.3) is 21.3 Å². The summed E-state index contributed by atoms with van der Waals surface area (Å²) < 4.78 is 23.2. The molecule has 2 heterocycles. The van der Waals surface area contributed by atoms with Gasteiger partial charge in [-0.3, -0.25) is 4.39 Å². The lowest BCUT2D eigenvalue weighted by atomic mass is 10.1. The second kappa shape index (κ2) is 7.14. The number of hydrogen-bond donors (Lipinski definition) is 0. The predicted octanol–water partition coefficient (Wildman–Crippen LogP) is 4.44. The smallest absolute Gasteiger partial charge is 0.161 e. The number of hydrogen-bond acceptors (Lipinski definition) is 6. The van der Waals surface area contributed by atoms with Crippen LogP contribution in [0, 0.1) is 0 Å². The number of methoxy groups -OCH3 is 2. The normalized spacial score (nSPS) is 10.9. The number of thioether (sulfide) groups is 1. The van der Waals surface area contributed by atoms with Gasteiger partial charge < -0.3 is 9.47 Å². The minimum Gasteiger partial charge on any atom is -0.493 e. The molecular weight excluding hydrogens is 335 g/mol. The minimum absolute atomic E-state index is 0.382. The maximum absolute atomic E-state index is 12.5. The molecule has 0 saturated carbocycles. The molecule has 0 unspecified atom stereocenters. The van der Waals surface area contributed by atoms with Crippen LogP contribution < -0.4 is 9.47 Å². The zero-order chi connectivity index (χ0) is 16.2. The van der Waals surface area contributed by atoms with Gasteiger partial charge in [0, 0.05) is 16.7 Å². The van der Waals surface area contributed by atoms with Gasteiger partial charge in [0.15, 0.2) is 11.5 Å². The lowest BCUT2D eigenvalue weighted by Crippen LogP contribution is -1.91. The van der Waals surface area contributed by atoms with E-state index in [4.69, 9.17) is 9.47 Å². The van der Waals surface area contributed by atoms with E-state index in [1.54, 1.807) is 25.6 Å². The average molecular weight is 350 g/mol. The fourth-order valence-corrected chi connectivity index (χ4v) is 4.03. The third-order valence-corrected chi connectivity index (χ3v) is 5.17. The summed E-state index contributed by atoms with van der Waals surface area (Å²) in [6.45, 7) is -0.383. The van der Waals surface area contributed by atoms with E-state index in [2.05, 4.69) is 9.97 Å². The summed E-state index contributed by atoms with van der Waals surface area (Å²) in [7, 11) is 3.22. The van der Waals surface area contributed by atoms with Gasteiger partial charge in [-0.25, -0.2) is 9.97 Å². The van der Waals surface area contributed by atoms with Crippen molar-refractivity contribution in [2.45, 2.75) is 5.03 Å². The van der Waals surface area contributed by atoms with Crippen LogP contribution in [-0.2, 0) is 0 Å². The van der Waals surface area contributed by atoms with Gasteiger partial charge in [0.2, 0.25) is 0 Å². The Morgan fingerprint density at radius 2 is 2.00 bits per heavy atom. The van der Waals surface area contributed by atoms with Crippen molar-refractivity contribution in [1.29, 1.82) is 0 Å². The molecule has 7 heteroatoms. The van der Waals surface area contributed by atoms with E-state index in [1.165, 1.54) is 18.1 Å². The van der Waals surface area contributed by atoms with Crippen molar-refractivity contribution >= 4 is 33.3 Å². The number of nitrogens with zero attached hydrogens (tertiary/aromatic N) is 2. The van der Waals surface area contributed by atoms with Crippen LogP contribution in [0.2, 0.25) is 0 Å². The highest BCUT2D eigenvalue weighted by Gasteiger charge is 2.15. The van der Waals surface area contributed by atoms with E-state index >= 15 is 0 Å². The first-order chi connectivity index (χ1) is 11.3. The molecule has 3 aromatic rings. The number of benzene rings is 1. The van der Waals surface area contributed by atoms with Gasteiger partial charge in [0.25, 0.3) is 0 Å². The zero-order valence-corrected chi connectivity index (χ0v) is 14.3. The first kappa shape index (κ1) is 16.0. The van der Waals surface area contributed by atoms with E-state index in [9.17, 15) is 4.39 Å². The summed E-state index contributed by atoms with van der Waals surface area (Å²) in [4.78, 5) is 9.53. The van der Waals surface area contributed by atoms with E-state index in [0.717, 1.165) is 26.4 Å². The Bertz CT molecular complexity index is 823. The van der Waals surface area contributed by atoms with Gasteiger partial charge in [-0.2, -0.15) is 0 Å². The third-order valence-electron chi connectivity index (χ3n) is 3.35. The van der Waals surface area contributed by atoms with Gasteiger partial charge in [0.05, 0.1) is 26.3 Å². The monoisotopic (exact) mass is 350 g/mol. The van der Waals surface area contributed by atoms with E-state index in [0.29, 0.717) is 17.3 Å². The summed E-state index contributed by atoms with van der Waals surface area (Å²) in [5.41, 5.74) is 2.01. The largest absolute Gasteiger partial charge is 0.493 e. The van der Waals surface area contributed by atoms with Gasteiger partial charge in [-0.15, -0.1) is 23.1 Å². The standard InChI is InChI=1S/C16H15FN2O2S2/c1-20-12-4-3-10(7-13(12)21-2)11-8-23-16-14(11)15(18-9-19-16)22-6-5-17/h3-4,7-9H,5-6H2,1-2H3. The molecule has 3 rings (SSSR count). The van der Waals surface area contributed by atoms with Crippen molar-refractivity contribution in [2.24, 2.45) is 0 Å². The molecule has 0 amide bonds. The summed E-state index contributed by atoms with van der Waals surface area (Å²) in [5, 5.41) is 3.81. The first-order valence-corrected chi connectivity index (χ1v) is 8.78. The molecule has 0 aliphatic carbocycles. The number of halogens is 1. The predicted molar refractivity (Wildman–Crippen MR) is 92.7 cm³/mol. The van der Waals surface area contributed by atoms with Crippen molar-refractivity contribution in [3.05, 3.63) is 29.9 Å². The number of thiophene rings is 1. The minimum atomic E-state index is -0.383. The number of ether oxygens (including phenoxy) is 2. The molecule has 0 spiro atoms. The summed E-state index contributed by atoms with van der Waals surface area (Å²) in [5.74, 6) is 1.73. The van der Waals surface area contributed by atoms with Crippen LogP contribution >= 0.6 is 23.1 Å². The van der Waals surface area contributed by atoms with E-state index in [1.807, 2.05) is 23.6 Å². The maximum Gasteiger partial charge on any atom is 0.161 e. The highest BCUT2D eigenvalue weighted by Crippen LogP contribution is 2.40. The van der Waals surface area contributed by atoms with Crippen molar-refractivity contribution in [3.8, 4) is 22.6 Å². The second-order valence-electron chi connectivity index (χ2n) is 4.62. The Hall–Kier alpha value is -1.86. The maximum atomic E-state index is 12.5. The van der Waals surface area contributed by atoms with E-state index in [-0.39, 0.29) is 6.67 Å². The molecule has 1 aromatic carbocycles. The number of rotatable bonds is 6. The molecule has 0 aliphatic heterocycles. The Morgan fingerprint density at radius 3 is 2.74 bits per heavy atom. The van der Waals surface area contributed by atoms with Crippen LogP contribution in [0.1, 0.15) is 0 Å². The van der Waals surface area contributed by atoms with Crippen LogP contribution in [0.4, 0.5) is 4.39 Å². The Labute approximate surface area is 141 Å². The SMILES string of the molecule is COc1ccc(-c2csc3ncnc(SCCF)c23)cc1OC. The quantitative estimate of drug-likeness (QED) is 0.486. The topological polar surface area (TPSA) is 44.2 Å². The van der Waals surface area contributed by atoms with Gasteiger partial charge in [0.1, 0.15) is 16.2 Å². The van der Waals surface area contributed by atoms with Crippen LogP contribution in [0.15, 0.2) is 34.9 Å². The Kier molecular flexibility index (Phi) is 4.97. The highest BCUT2D eigenvalue weighted by atomic mass is 32.2. The fraction of sp³-hybridized carbons (Fsp3) is 0.250. The lowest BCUT2D eigenvalue weighted by molar-refractivity contribution is 0.355. The lowest BCUT2D eigenvalue weighted by Gasteiger charge is -2.10. The summed E-state index contributed by atoms with van der Waals surface area (Å²) in [6, 6.07) is 5.77. The third kappa shape index (κ3) is 3.11. The molecule has 0 N–H and O–H groups in total. The number of alkyl halides is 1. The molecule has 23 heavy (non-hydrogen) atoms. The molecule has 4 nitrogen and oxygen atoms in total. The molecule has 120 valence electrons. The summed E-state index contributed by atoms with van der Waals surface area (Å²) >= 11 is 2.96. The van der Waals surface area contributed by atoms with Gasteiger partial charge in [-0.1, -0.05) is 6.07 Å². The van der Waals surface area contributed by atoms with Crippen molar-refractivity contribution in [3.63, 3.8) is 0 Å². The van der Waals surface area contributed by atoms with Crippen molar-refractivity contribution < 1.29 is 13.9 Å². The molecule has 0 fully saturated rings. The van der Waals surface area contributed by atoms with Crippen LogP contribution in [0.5, 0.6) is 11.5 Å². The Balaban J connectivity index is 2.13. The molecule has 0 radical (unpaired) electrons. The zero-order valence-electron chi connectivity index (χ0n) is 12.7. The second-order valence-corrected chi connectivity index (χ2v) is 6.56. The van der Waals surface area contributed by atoms with Gasteiger partial charge in [-0.05, 0) is 17.7 Å². The fourth-order valence-electron chi connectivity index (χ4n) is 2.31. The average Bonchev–Trinajstić information content (AvgIpc) is 3.04. The Morgan fingerprint density at radius 1 is 1.17 bits per heavy atom. The molecule has 0 atom stereocenters. The van der Waals surface area contributed by atoms with E-state index < -0.39 is 0 Å². The molecule has 0 saturated heterocycles. The van der Waals surface area contributed by atoms with Gasteiger partial charge >= 0.3 is 0 Å². The molecular formula is C16H15FN2O2S2. The molecule has 0 aliphatic rings. The number of fused-ring (bicyclic) bond motifs is 1. The first-order valence-electron chi connectivity index (χ1n) is 6.91. The molecule has 0 bridgehead atoms. The van der Waals surface area contributed by atoms with Crippen LogP contribution in [-0.4, -0.2) is 36.6 Å². The summed E-state index contributed by atoms with van der Waals surface area (Å²) in [6.07, 6.45) is 1.53.